The molecule has 7 nitrogen and oxygen atoms in total. The Morgan fingerprint density at radius 2 is 1.37 bits per heavy atom. The number of methoxy groups -OCH3 is 2. The first-order valence-electron chi connectivity index (χ1n) is 12.7. The summed E-state index contributed by atoms with van der Waals surface area (Å²) in [6, 6.07) is 19.2. The maximum absolute atomic E-state index is 13.5. The Morgan fingerprint density at radius 1 is 0.842 bits per heavy atom. The highest BCUT2D eigenvalue weighted by Crippen LogP contribution is 2.39. The van der Waals surface area contributed by atoms with E-state index in [0.717, 1.165) is 35.5 Å². The Kier molecular flexibility index (Phi) is 9.37. The van der Waals surface area contributed by atoms with Gasteiger partial charge in [0.2, 0.25) is 0 Å². The summed E-state index contributed by atoms with van der Waals surface area (Å²) in [4.78, 5) is 17.5. The normalized spacial score (nSPS) is 13.9. The van der Waals surface area contributed by atoms with Gasteiger partial charge in [-0.2, -0.15) is 0 Å². The van der Waals surface area contributed by atoms with Gasteiger partial charge in [0.05, 0.1) is 24.8 Å². The van der Waals surface area contributed by atoms with Crippen LogP contribution in [-0.4, -0.2) is 63.2 Å². The first-order valence-corrected chi connectivity index (χ1v) is 13.1. The molecule has 3 aromatic carbocycles. The van der Waals surface area contributed by atoms with Gasteiger partial charge in [-0.25, -0.2) is 0 Å². The highest BCUT2D eigenvalue weighted by atomic mass is 35.5. The van der Waals surface area contributed by atoms with Gasteiger partial charge < -0.3 is 28.7 Å². The number of hydrogen-bond acceptors (Lipinski definition) is 6. The minimum Gasteiger partial charge on any atom is -0.497 e. The number of halogens is 1. The van der Waals surface area contributed by atoms with Gasteiger partial charge in [-0.1, -0.05) is 35.9 Å². The van der Waals surface area contributed by atoms with E-state index in [9.17, 15) is 4.79 Å². The van der Waals surface area contributed by atoms with Crippen molar-refractivity contribution in [3.8, 4) is 23.0 Å². The minimum absolute atomic E-state index is 0.0943. The highest BCUT2D eigenvalue weighted by molar-refractivity contribution is 6.35. The van der Waals surface area contributed by atoms with E-state index in [-0.39, 0.29) is 17.5 Å². The van der Waals surface area contributed by atoms with E-state index in [1.54, 1.807) is 26.4 Å². The number of ether oxygens (including phenoxy) is 4. The van der Waals surface area contributed by atoms with Crippen molar-refractivity contribution in [2.24, 2.45) is 0 Å². The van der Waals surface area contributed by atoms with Gasteiger partial charge in [-0.05, 0) is 74.5 Å². The van der Waals surface area contributed by atoms with E-state index in [1.165, 1.54) is 0 Å². The topological polar surface area (TPSA) is 60.5 Å². The first-order chi connectivity index (χ1) is 18.4. The maximum Gasteiger partial charge on any atom is 0.255 e. The predicted molar refractivity (Wildman–Crippen MR) is 149 cm³/mol. The van der Waals surface area contributed by atoms with Crippen LogP contribution in [-0.2, 0) is 13.2 Å². The molecule has 0 atom stereocenters. The van der Waals surface area contributed by atoms with Crippen LogP contribution in [0, 0.1) is 0 Å². The number of benzene rings is 3. The van der Waals surface area contributed by atoms with E-state index in [0.29, 0.717) is 42.8 Å². The number of amides is 1. The fourth-order valence-electron chi connectivity index (χ4n) is 4.47. The number of nitrogens with zero attached hydrogens (tertiary/aromatic N) is 2. The lowest BCUT2D eigenvalue weighted by Gasteiger charge is -2.35. The van der Waals surface area contributed by atoms with E-state index in [4.69, 9.17) is 30.5 Å². The van der Waals surface area contributed by atoms with Crippen molar-refractivity contribution in [2.45, 2.75) is 32.1 Å². The summed E-state index contributed by atoms with van der Waals surface area (Å²) in [5, 5.41) is 0.255. The molecular formula is C30H35ClN2O5. The third-order valence-corrected chi connectivity index (χ3v) is 7.24. The average Bonchev–Trinajstić information content (AvgIpc) is 2.95. The molecule has 4 rings (SSSR count). The maximum atomic E-state index is 13.5. The van der Waals surface area contributed by atoms with Crippen LogP contribution in [0.25, 0.3) is 0 Å². The quantitative estimate of drug-likeness (QED) is 0.331. The average molecular weight is 539 g/mol. The van der Waals surface area contributed by atoms with Gasteiger partial charge in [-0.15, -0.1) is 0 Å². The summed E-state index contributed by atoms with van der Waals surface area (Å²) in [7, 11) is 7.42. The lowest BCUT2D eigenvalue weighted by Crippen LogP contribution is -2.44. The molecule has 3 aromatic rings. The van der Waals surface area contributed by atoms with Crippen LogP contribution >= 0.6 is 11.6 Å². The van der Waals surface area contributed by atoms with E-state index in [1.807, 2.05) is 53.4 Å². The standard InChI is InChI=1S/C30H35ClN2O5/c1-32(2)23-15-17-33(18-16-23)30(34)26-13-14-27(37-19-21-5-9-24(35-3)10-6-21)29(28(26)31)38-20-22-7-11-25(36-4)12-8-22/h5-14,23H,15-20H2,1-4H3. The first kappa shape index (κ1) is 27.6. The number of likely N-dealkylation sites (tertiary alicyclic amines) is 1. The lowest BCUT2D eigenvalue weighted by molar-refractivity contribution is 0.0663. The van der Waals surface area contributed by atoms with Gasteiger partial charge in [0.1, 0.15) is 24.7 Å². The Labute approximate surface area is 229 Å². The van der Waals surface area contributed by atoms with Crippen LogP contribution in [0.2, 0.25) is 5.02 Å². The zero-order valence-electron chi connectivity index (χ0n) is 22.4. The molecule has 0 saturated carbocycles. The fraction of sp³-hybridized carbons (Fsp3) is 0.367. The van der Waals surface area contributed by atoms with Crippen molar-refractivity contribution in [3.63, 3.8) is 0 Å². The van der Waals surface area contributed by atoms with Crippen LogP contribution in [0.15, 0.2) is 60.7 Å². The zero-order valence-corrected chi connectivity index (χ0v) is 23.2. The second-order valence-corrected chi connectivity index (χ2v) is 9.89. The highest BCUT2D eigenvalue weighted by Gasteiger charge is 2.28. The molecule has 0 unspecified atom stereocenters. The monoisotopic (exact) mass is 538 g/mol. The fourth-order valence-corrected chi connectivity index (χ4v) is 4.76. The predicted octanol–water partition coefficient (Wildman–Crippen LogP) is 5.68. The molecule has 1 heterocycles. The number of hydrogen-bond donors (Lipinski definition) is 0. The van der Waals surface area contributed by atoms with E-state index in [2.05, 4.69) is 19.0 Å². The zero-order chi connectivity index (χ0) is 27.1. The summed E-state index contributed by atoms with van der Waals surface area (Å²) in [6.07, 6.45) is 1.86. The largest absolute Gasteiger partial charge is 0.497 e. The van der Waals surface area contributed by atoms with Crippen LogP contribution < -0.4 is 18.9 Å². The molecule has 0 radical (unpaired) electrons. The molecule has 1 amide bonds. The summed E-state index contributed by atoms with van der Waals surface area (Å²) in [6.45, 7) is 1.95. The van der Waals surface area contributed by atoms with Gasteiger partial charge in [-0.3, -0.25) is 4.79 Å². The molecular weight excluding hydrogens is 504 g/mol. The molecule has 202 valence electrons. The van der Waals surface area contributed by atoms with E-state index >= 15 is 0 Å². The van der Waals surface area contributed by atoms with Gasteiger partial charge in [0.15, 0.2) is 11.5 Å². The molecule has 0 bridgehead atoms. The van der Waals surface area contributed by atoms with Gasteiger partial charge >= 0.3 is 0 Å². The number of piperidine rings is 1. The molecule has 0 aromatic heterocycles. The third-order valence-electron chi connectivity index (χ3n) is 6.87. The molecule has 38 heavy (non-hydrogen) atoms. The number of carbonyl (C=O) groups is 1. The summed E-state index contributed by atoms with van der Waals surface area (Å²) in [5.74, 6) is 2.27. The van der Waals surface area contributed by atoms with E-state index < -0.39 is 0 Å². The number of carbonyl (C=O) groups excluding carboxylic acids is 1. The second kappa shape index (κ2) is 12.9. The smallest absolute Gasteiger partial charge is 0.255 e. The summed E-state index contributed by atoms with van der Waals surface area (Å²) < 4.78 is 22.8. The van der Waals surface area contributed by atoms with Gasteiger partial charge in [0.25, 0.3) is 5.91 Å². The molecule has 8 heteroatoms. The third kappa shape index (κ3) is 6.71. The van der Waals surface area contributed by atoms with Crippen molar-refractivity contribution in [1.82, 2.24) is 9.80 Å². The Bertz CT molecular complexity index is 1210. The Hall–Kier alpha value is -3.42. The molecule has 1 aliphatic heterocycles. The van der Waals surface area contributed by atoms with Crippen LogP contribution in [0.3, 0.4) is 0 Å². The van der Waals surface area contributed by atoms with Crippen molar-refractivity contribution >= 4 is 17.5 Å². The summed E-state index contributed by atoms with van der Waals surface area (Å²) >= 11 is 6.85. The molecule has 1 fully saturated rings. The van der Waals surface area contributed by atoms with Crippen molar-refractivity contribution in [1.29, 1.82) is 0 Å². The minimum atomic E-state index is -0.0943. The van der Waals surface area contributed by atoms with Crippen LogP contribution in [0.1, 0.15) is 34.3 Å². The SMILES string of the molecule is COc1ccc(COc2ccc(C(=O)N3CCC(N(C)C)CC3)c(Cl)c2OCc2ccc(OC)cc2)cc1. The van der Waals surface area contributed by atoms with Crippen LogP contribution in [0.5, 0.6) is 23.0 Å². The van der Waals surface area contributed by atoms with Crippen molar-refractivity contribution in [3.05, 3.63) is 82.4 Å². The second-order valence-electron chi connectivity index (χ2n) is 9.51. The molecule has 0 spiro atoms. The Morgan fingerprint density at radius 3 is 1.87 bits per heavy atom. The molecule has 1 aliphatic rings. The van der Waals surface area contributed by atoms with Gasteiger partial charge in [0, 0.05) is 19.1 Å². The Balaban J connectivity index is 1.55. The molecule has 0 N–H and O–H groups in total. The number of rotatable bonds is 10. The van der Waals surface area contributed by atoms with Crippen molar-refractivity contribution < 1.29 is 23.7 Å². The molecule has 1 saturated heterocycles. The van der Waals surface area contributed by atoms with Crippen LogP contribution in [0.4, 0.5) is 0 Å². The summed E-state index contributed by atoms with van der Waals surface area (Å²) in [5.41, 5.74) is 2.31. The molecule has 0 aliphatic carbocycles. The lowest BCUT2D eigenvalue weighted by atomic mass is 10.0. The van der Waals surface area contributed by atoms with Crippen molar-refractivity contribution in [2.75, 3.05) is 41.4 Å².